The molecule has 0 spiro atoms. The summed E-state index contributed by atoms with van der Waals surface area (Å²) in [5, 5.41) is 2.54. The van der Waals surface area contributed by atoms with E-state index >= 15 is 0 Å². The number of nitrogens with one attached hydrogen (secondary N) is 1. The molecular formula is C10H16N2O4. The van der Waals surface area contributed by atoms with Gasteiger partial charge in [0.05, 0.1) is 7.11 Å². The van der Waals surface area contributed by atoms with Gasteiger partial charge in [-0.15, -0.1) is 0 Å². The number of rotatable bonds is 6. The van der Waals surface area contributed by atoms with Gasteiger partial charge in [0.15, 0.2) is 0 Å². The van der Waals surface area contributed by atoms with Gasteiger partial charge in [-0.05, 0) is 19.3 Å². The fourth-order valence-electron chi connectivity index (χ4n) is 1.28. The lowest BCUT2D eigenvalue weighted by Gasteiger charge is -2.14. The van der Waals surface area contributed by atoms with Crippen LogP contribution in [0.1, 0.15) is 25.7 Å². The summed E-state index contributed by atoms with van der Waals surface area (Å²) in [6.07, 6.45) is 1.96. The van der Waals surface area contributed by atoms with E-state index in [1.54, 1.807) is 0 Å². The highest BCUT2D eigenvalue weighted by Gasteiger charge is 2.32. The number of carbonyl (C=O) groups is 3. The van der Waals surface area contributed by atoms with Crippen LogP contribution >= 0.6 is 0 Å². The second kappa shape index (κ2) is 5.48. The monoisotopic (exact) mass is 228 g/mol. The van der Waals surface area contributed by atoms with E-state index in [9.17, 15) is 14.4 Å². The second-order valence-electron chi connectivity index (χ2n) is 3.85. The smallest absolute Gasteiger partial charge is 0.305 e. The molecule has 0 aromatic carbocycles. The van der Waals surface area contributed by atoms with Crippen molar-refractivity contribution < 1.29 is 19.1 Å². The minimum atomic E-state index is -0.785. The Morgan fingerprint density at radius 2 is 2.06 bits per heavy atom. The van der Waals surface area contributed by atoms with Crippen molar-refractivity contribution >= 4 is 17.8 Å². The average molecular weight is 228 g/mol. The lowest BCUT2D eigenvalue weighted by atomic mass is 10.1. The van der Waals surface area contributed by atoms with Gasteiger partial charge in [-0.3, -0.25) is 14.4 Å². The quantitative estimate of drug-likeness (QED) is 0.588. The predicted molar refractivity (Wildman–Crippen MR) is 55.1 cm³/mol. The first kappa shape index (κ1) is 12.5. The van der Waals surface area contributed by atoms with Gasteiger partial charge in [-0.1, -0.05) is 0 Å². The van der Waals surface area contributed by atoms with Crippen molar-refractivity contribution in [2.45, 2.75) is 31.7 Å². The number of primary amides is 1. The van der Waals surface area contributed by atoms with Gasteiger partial charge >= 0.3 is 5.97 Å². The number of hydrogen-bond donors (Lipinski definition) is 2. The summed E-state index contributed by atoms with van der Waals surface area (Å²) >= 11 is 0. The van der Waals surface area contributed by atoms with Crippen LogP contribution in [0, 0.1) is 5.92 Å². The average Bonchev–Trinajstić information content (AvgIpc) is 3.06. The Hall–Kier alpha value is -1.59. The standard InChI is InChI=1S/C10H16N2O4/c1-16-8(13)5-4-7(9(11)14)12-10(15)6-2-3-6/h6-7H,2-5H2,1H3,(H2,11,14)(H,12,15)/t7-/m0/s1. The first-order chi connectivity index (χ1) is 7.54. The minimum Gasteiger partial charge on any atom is -0.469 e. The van der Waals surface area contributed by atoms with Crippen molar-refractivity contribution in [3.63, 3.8) is 0 Å². The number of esters is 1. The zero-order valence-electron chi connectivity index (χ0n) is 9.19. The van der Waals surface area contributed by atoms with Crippen molar-refractivity contribution in [3.8, 4) is 0 Å². The molecule has 1 atom stereocenters. The summed E-state index contributed by atoms with van der Waals surface area (Å²) in [5.41, 5.74) is 5.13. The summed E-state index contributed by atoms with van der Waals surface area (Å²) in [7, 11) is 1.27. The third-order valence-electron chi connectivity index (χ3n) is 2.47. The molecule has 2 amide bonds. The van der Waals surface area contributed by atoms with Gasteiger partial charge in [0, 0.05) is 12.3 Å². The second-order valence-corrected chi connectivity index (χ2v) is 3.85. The van der Waals surface area contributed by atoms with Gasteiger partial charge in [0.2, 0.25) is 11.8 Å². The predicted octanol–water partition coefficient (Wildman–Crippen LogP) is -0.680. The molecule has 1 saturated carbocycles. The van der Waals surface area contributed by atoms with Crippen molar-refractivity contribution in [2.75, 3.05) is 7.11 Å². The van der Waals surface area contributed by atoms with Gasteiger partial charge in [-0.2, -0.15) is 0 Å². The van der Waals surface area contributed by atoms with E-state index in [1.807, 2.05) is 0 Å². The molecule has 1 rings (SSSR count). The normalized spacial score (nSPS) is 16.3. The maximum atomic E-state index is 11.4. The van der Waals surface area contributed by atoms with Crippen molar-refractivity contribution in [3.05, 3.63) is 0 Å². The van der Waals surface area contributed by atoms with E-state index in [4.69, 9.17) is 5.73 Å². The molecule has 0 bridgehead atoms. The van der Waals surface area contributed by atoms with E-state index < -0.39 is 17.9 Å². The fourth-order valence-corrected chi connectivity index (χ4v) is 1.28. The van der Waals surface area contributed by atoms with Crippen LogP contribution in [0.25, 0.3) is 0 Å². The number of carbonyl (C=O) groups excluding carboxylic acids is 3. The van der Waals surface area contributed by atoms with Gasteiger partial charge in [-0.25, -0.2) is 0 Å². The maximum Gasteiger partial charge on any atom is 0.305 e. The van der Waals surface area contributed by atoms with Crippen LogP contribution in [0.3, 0.4) is 0 Å². The Kier molecular flexibility index (Phi) is 4.28. The Labute approximate surface area is 93.5 Å². The van der Waals surface area contributed by atoms with E-state index in [1.165, 1.54) is 7.11 Å². The SMILES string of the molecule is COC(=O)CC[C@H](NC(=O)C1CC1)C(N)=O. The third kappa shape index (κ3) is 3.88. The number of nitrogens with two attached hydrogens (primary N) is 1. The molecular weight excluding hydrogens is 212 g/mol. The molecule has 1 fully saturated rings. The molecule has 3 N–H and O–H groups in total. The Morgan fingerprint density at radius 1 is 1.44 bits per heavy atom. The highest BCUT2D eigenvalue weighted by molar-refractivity contribution is 5.88. The number of methoxy groups -OCH3 is 1. The number of hydrogen-bond acceptors (Lipinski definition) is 4. The molecule has 1 aliphatic carbocycles. The minimum absolute atomic E-state index is 0.0139. The van der Waals surface area contributed by atoms with Gasteiger partial charge in [0.25, 0.3) is 0 Å². The van der Waals surface area contributed by atoms with Gasteiger partial charge in [0.1, 0.15) is 6.04 Å². The highest BCUT2D eigenvalue weighted by Crippen LogP contribution is 2.28. The number of amides is 2. The first-order valence-corrected chi connectivity index (χ1v) is 5.21. The topological polar surface area (TPSA) is 98.5 Å². The van der Waals surface area contributed by atoms with Crippen LogP contribution in [0.2, 0.25) is 0 Å². The molecule has 0 unspecified atom stereocenters. The van der Waals surface area contributed by atoms with Crippen LogP contribution in [0.15, 0.2) is 0 Å². The molecule has 0 radical (unpaired) electrons. The van der Waals surface area contributed by atoms with Crippen molar-refractivity contribution in [1.82, 2.24) is 5.32 Å². The lowest BCUT2D eigenvalue weighted by molar-refractivity contribution is -0.141. The fraction of sp³-hybridized carbons (Fsp3) is 0.700. The Morgan fingerprint density at radius 3 is 2.50 bits per heavy atom. The van der Waals surface area contributed by atoms with Crippen molar-refractivity contribution in [1.29, 1.82) is 0 Å². The first-order valence-electron chi connectivity index (χ1n) is 5.21. The molecule has 6 heteroatoms. The van der Waals surface area contributed by atoms with Crippen LogP contribution in [0.4, 0.5) is 0 Å². The molecule has 1 aliphatic rings. The molecule has 6 nitrogen and oxygen atoms in total. The highest BCUT2D eigenvalue weighted by atomic mass is 16.5. The van der Waals surface area contributed by atoms with Crippen LogP contribution in [-0.2, 0) is 19.1 Å². The summed E-state index contributed by atoms with van der Waals surface area (Å²) in [6.45, 7) is 0. The molecule has 0 saturated heterocycles. The maximum absolute atomic E-state index is 11.4. The van der Waals surface area contributed by atoms with Crippen LogP contribution in [0.5, 0.6) is 0 Å². The largest absolute Gasteiger partial charge is 0.469 e. The van der Waals surface area contributed by atoms with E-state index in [2.05, 4.69) is 10.1 Å². The van der Waals surface area contributed by atoms with Crippen LogP contribution < -0.4 is 11.1 Å². The van der Waals surface area contributed by atoms with E-state index in [0.717, 1.165) is 12.8 Å². The summed E-state index contributed by atoms with van der Waals surface area (Å²) in [6, 6.07) is -0.785. The zero-order chi connectivity index (χ0) is 12.1. The summed E-state index contributed by atoms with van der Waals surface area (Å²) in [4.78, 5) is 33.3. The van der Waals surface area contributed by atoms with Gasteiger partial charge < -0.3 is 15.8 Å². The Bertz CT molecular complexity index is 299. The number of ether oxygens (including phenoxy) is 1. The van der Waals surface area contributed by atoms with E-state index in [0.29, 0.717) is 0 Å². The molecule has 0 aliphatic heterocycles. The summed E-state index contributed by atoms with van der Waals surface area (Å²) < 4.78 is 4.44. The lowest BCUT2D eigenvalue weighted by Crippen LogP contribution is -2.45. The molecule has 0 aromatic heterocycles. The zero-order valence-corrected chi connectivity index (χ0v) is 9.19. The molecule has 16 heavy (non-hydrogen) atoms. The van der Waals surface area contributed by atoms with Crippen LogP contribution in [-0.4, -0.2) is 30.9 Å². The Balaban J connectivity index is 2.37. The molecule has 0 heterocycles. The summed E-state index contributed by atoms with van der Waals surface area (Å²) in [5.74, 6) is -1.20. The molecule has 0 aromatic rings. The van der Waals surface area contributed by atoms with E-state index in [-0.39, 0.29) is 24.7 Å². The molecule has 90 valence electrons. The third-order valence-corrected chi connectivity index (χ3v) is 2.47. The van der Waals surface area contributed by atoms with Crippen molar-refractivity contribution in [2.24, 2.45) is 11.7 Å².